The Morgan fingerprint density at radius 1 is 1.24 bits per heavy atom. The lowest BCUT2D eigenvalue weighted by Crippen LogP contribution is -2.24. The zero-order valence-corrected chi connectivity index (χ0v) is 15.7. The SMILES string of the molecule is CCCc1ccc(C#N)c(SC(CC)C(=O)Nc2ccc(C)cc2)n1. The van der Waals surface area contributed by atoms with Crippen LogP contribution in [0.4, 0.5) is 5.69 Å². The van der Waals surface area contributed by atoms with E-state index in [1.165, 1.54) is 11.8 Å². The van der Waals surface area contributed by atoms with Crippen LogP contribution in [-0.4, -0.2) is 16.1 Å². The van der Waals surface area contributed by atoms with Gasteiger partial charge >= 0.3 is 0 Å². The molecule has 1 N–H and O–H groups in total. The summed E-state index contributed by atoms with van der Waals surface area (Å²) >= 11 is 1.36. The van der Waals surface area contributed by atoms with Gasteiger partial charge in [0.05, 0.1) is 10.8 Å². The number of nitrogens with one attached hydrogen (secondary N) is 1. The summed E-state index contributed by atoms with van der Waals surface area (Å²) in [6.45, 7) is 6.07. The number of rotatable bonds is 7. The predicted molar refractivity (Wildman–Crippen MR) is 103 cm³/mol. The smallest absolute Gasteiger partial charge is 0.237 e. The van der Waals surface area contributed by atoms with Crippen molar-refractivity contribution < 1.29 is 4.79 Å². The second-order valence-electron chi connectivity index (χ2n) is 5.89. The topological polar surface area (TPSA) is 65.8 Å². The van der Waals surface area contributed by atoms with E-state index in [9.17, 15) is 10.1 Å². The first-order valence-corrected chi connectivity index (χ1v) is 9.39. The zero-order chi connectivity index (χ0) is 18.2. The zero-order valence-electron chi connectivity index (χ0n) is 14.9. The Kier molecular flexibility index (Phi) is 7.03. The second-order valence-corrected chi connectivity index (χ2v) is 7.08. The van der Waals surface area contributed by atoms with Crippen LogP contribution >= 0.6 is 11.8 Å². The molecular weight excluding hydrogens is 330 g/mol. The molecule has 1 heterocycles. The van der Waals surface area contributed by atoms with Crippen molar-refractivity contribution in [2.45, 2.75) is 50.3 Å². The number of nitriles is 1. The van der Waals surface area contributed by atoms with E-state index in [2.05, 4.69) is 23.3 Å². The highest BCUT2D eigenvalue weighted by molar-refractivity contribution is 8.00. The van der Waals surface area contributed by atoms with Gasteiger partial charge in [-0.1, -0.05) is 49.7 Å². The van der Waals surface area contributed by atoms with E-state index in [0.717, 1.165) is 29.8 Å². The van der Waals surface area contributed by atoms with Gasteiger partial charge in [-0.25, -0.2) is 4.98 Å². The monoisotopic (exact) mass is 353 g/mol. The van der Waals surface area contributed by atoms with E-state index in [4.69, 9.17) is 0 Å². The third kappa shape index (κ3) is 5.33. The van der Waals surface area contributed by atoms with E-state index < -0.39 is 0 Å². The highest BCUT2D eigenvalue weighted by atomic mass is 32.2. The first-order chi connectivity index (χ1) is 12.1. The average molecular weight is 353 g/mol. The molecule has 2 rings (SSSR count). The highest BCUT2D eigenvalue weighted by Crippen LogP contribution is 2.28. The van der Waals surface area contributed by atoms with Crippen molar-refractivity contribution >= 4 is 23.4 Å². The lowest BCUT2D eigenvalue weighted by Gasteiger charge is -2.15. The van der Waals surface area contributed by atoms with Gasteiger partial charge in [-0.05, 0) is 44.0 Å². The Hall–Kier alpha value is -2.32. The molecule has 0 saturated heterocycles. The molecule has 130 valence electrons. The van der Waals surface area contributed by atoms with Crippen molar-refractivity contribution in [1.82, 2.24) is 4.98 Å². The van der Waals surface area contributed by atoms with Gasteiger partial charge in [-0.3, -0.25) is 4.79 Å². The molecule has 0 spiro atoms. The maximum absolute atomic E-state index is 12.6. The molecule has 1 atom stereocenters. The van der Waals surface area contributed by atoms with E-state index >= 15 is 0 Å². The molecule has 5 heteroatoms. The summed E-state index contributed by atoms with van der Waals surface area (Å²) < 4.78 is 0. The first kappa shape index (κ1) is 19.0. The third-order valence-corrected chi connectivity index (χ3v) is 5.15. The van der Waals surface area contributed by atoms with Gasteiger partial charge in [0.2, 0.25) is 5.91 Å². The molecule has 0 radical (unpaired) electrons. The predicted octanol–water partition coefficient (Wildman–Crippen LogP) is 4.72. The summed E-state index contributed by atoms with van der Waals surface area (Å²) in [5.41, 5.74) is 3.40. The van der Waals surface area contributed by atoms with Crippen LogP contribution in [0.25, 0.3) is 0 Å². The average Bonchev–Trinajstić information content (AvgIpc) is 2.62. The van der Waals surface area contributed by atoms with Gasteiger partial charge in [0.25, 0.3) is 0 Å². The Morgan fingerprint density at radius 3 is 2.56 bits per heavy atom. The molecule has 1 unspecified atom stereocenters. The minimum atomic E-state index is -0.294. The number of thioether (sulfide) groups is 1. The minimum absolute atomic E-state index is 0.0667. The number of hydrogen-bond donors (Lipinski definition) is 1. The van der Waals surface area contributed by atoms with Crippen LogP contribution in [0.3, 0.4) is 0 Å². The van der Waals surface area contributed by atoms with Crippen LogP contribution in [0.1, 0.15) is 43.5 Å². The maximum Gasteiger partial charge on any atom is 0.237 e. The molecule has 0 fully saturated rings. The summed E-state index contributed by atoms with van der Waals surface area (Å²) in [5, 5.41) is 12.6. The van der Waals surface area contributed by atoms with Gasteiger partial charge in [-0.2, -0.15) is 5.26 Å². The van der Waals surface area contributed by atoms with Crippen LogP contribution in [0.15, 0.2) is 41.4 Å². The van der Waals surface area contributed by atoms with Crippen molar-refractivity contribution in [1.29, 1.82) is 5.26 Å². The minimum Gasteiger partial charge on any atom is -0.325 e. The molecule has 25 heavy (non-hydrogen) atoms. The lowest BCUT2D eigenvalue weighted by molar-refractivity contribution is -0.115. The standard InChI is InChI=1S/C20H23N3OS/c1-4-6-16-12-9-15(13-21)20(23-16)25-18(5-2)19(24)22-17-10-7-14(3)8-11-17/h7-12,18H,4-6H2,1-3H3,(H,22,24). The van der Waals surface area contributed by atoms with Gasteiger partial charge in [0.15, 0.2) is 0 Å². The number of hydrogen-bond acceptors (Lipinski definition) is 4. The van der Waals surface area contributed by atoms with Gasteiger partial charge < -0.3 is 5.32 Å². The molecule has 4 nitrogen and oxygen atoms in total. The quantitative estimate of drug-likeness (QED) is 0.731. The number of aromatic nitrogens is 1. The van der Waals surface area contributed by atoms with E-state index in [1.807, 2.05) is 44.2 Å². The van der Waals surface area contributed by atoms with E-state index in [1.54, 1.807) is 6.07 Å². The van der Waals surface area contributed by atoms with Crippen LogP contribution in [-0.2, 0) is 11.2 Å². The van der Waals surface area contributed by atoms with Crippen LogP contribution < -0.4 is 5.32 Å². The molecule has 1 amide bonds. The number of carbonyl (C=O) groups is 1. The number of benzene rings is 1. The van der Waals surface area contributed by atoms with Crippen LogP contribution in [0, 0.1) is 18.3 Å². The van der Waals surface area contributed by atoms with Crippen LogP contribution in [0.2, 0.25) is 0 Å². The van der Waals surface area contributed by atoms with E-state index in [0.29, 0.717) is 17.0 Å². The summed E-state index contributed by atoms with van der Waals surface area (Å²) in [6.07, 6.45) is 2.52. The van der Waals surface area contributed by atoms with E-state index in [-0.39, 0.29) is 11.2 Å². The number of nitrogens with zero attached hydrogens (tertiary/aromatic N) is 2. The van der Waals surface area contributed by atoms with Crippen LogP contribution in [0.5, 0.6) is 0 Å². The van der Waals surface area contributed by atoms with Crippen molar-refractivity contribution in [3.05, 3.63) is 53.2 Å². The number of aryl methyl sites for hydroxylation is 2. The molecule has 0 aliphatic carbocycles. The van der Waals surface area contributed by atoms with Crippen molar-refractivity contribution in [3.63, 3.8) is 0 Å². The van der Waals surface area contributed by atoms with Gasteiger partial charge in [-0.15, -0.1) is 0 Å². The van der Waals surface area contributed by atoms with Gasteiger partial charge in [0.1, 0.15) is 11.1 Å². The Morgan fingerprint density at radius 2 is 1.96 bits per heavy atom. The molecule has 2 aromatic rings. The second kappa shape index (κ2) is 9.24. The third-order valence-electron chi connectivity index (χ3n) is 3.78. The normalized spacial score (nSPS) is 11.6. The summed E-state index contributed by atoms with van der Waals surface area (Å²) in [5.74, 6) is -0.0667. The van der Waals surface area contributed by atoms with Gasteiger partial charge in [0, 0.05) is 11.4 Å². The molecule has 0 aliphatic rings. The largest absolute Gasteiger partial charge is 0.325 e. The Balaban J connectivity index is 2.15. The molecule has 0 aliphatic heterocycles. The lowest BCUT2D eigenvalue weighted by atomic mass is 10.2. The summed E-state index contributed by atoms with van der Waals surface area (Å²) in [7, 11) is 0. The molecule has 1 aromatic heterocycles. The summed E-state index contributed by atoms with van der Waals surface area (Å²) in [6, 6.07) is 13.6. The molecule has 1 aromatic carbocycles. The summed E-state index contributed by atoms with van der Waals surface area (Å²) in [4.78, 5) is 17.2. The first-order valence-electron chi connectivity index (χ1n) is 8.51. The molecular formula is C20H23N3OS. The number of anilines is 1. The fourth-order valence-corrected chi connectivity index (χ4v) is 3.38. The van der Waals surface area contributed by atoms with Crippen molar-refractivity contribution in [3.8, 4) is 6.07 Å². The number of carbonyl (C=O) groups excluding carboxylic acids is 1. The number of amides is 1. The molecule has 0 saturated carbocycles. The fraction of sp³-hybridized carbons (Fsp3) is 0.350. The Labute approximate surface area is 153 Å². The number of pyridine rings is 1. The molecule has 0 bridgehead atoms. The highest BCUT2D eigenvalue weighted by Gasteiger charge is 2.21. The fourth-order valence-electron chi connectivity index (χ4n) is 2.37. The van der Waals surface area contributed by atoms with Crippen molar-refractivity contribution in [2.24, 2.45) is 0 Å². The van der Waals surface area contributed by atoms with Crippen molar-refractivity contribution in [2.75, 3.05) is 5.32 Å². The maximum atomic E-state index is 12.6. The Bertz CT molecular complexity index is 766.